The van der Waals surface area contributed by atoms with Crippen LogP contribution in [0.2, 0.25) is 0 Å². The molecule has 0 atom stereocenters. The summed E-state index contributed by atoms with van der Waals surface area (Å²) in [5.41, 5.74) is 0.568. The van der Waals surface area contributed by atoms with E-state index in [9.17, 15) is 9.18 Å². The molecule has 1 saturated heterocycles. The summed E-state index contributed by atoms with van der Waals surface area (Å²) in [5.74, 6) is 0.309. The average Bonchev–Trinajstić information content (AvgIpc) is 2.48. The van der Waals surface area contributed by atoms with Gasteiger partial charge in [-0.15, -0.1) is 0 Å². The highest BCUT2D eigenvalue weighted by Gasteiger charge is 2.14. The number of carbonyl (C=O) groups excluding carboxylic acids is 1. The van der Waals surface area contributed by atoms with Gasteiger partial charge in [0, 0.05) is 18.2 Å². The second-order valence-corrected chi connectivity index (χ2v) is 5.13. The molecule has 0 bridgehead atoms. The summed E-state index contributed by atoms with van der Waals surface area (Å²) >= 11 is 0. The Morgan fingerprint density at radius 3 is 2.90 bits per heavy atom. The molecule has 2 N–H and O–H groups in total. The van der Waals surface area contributed by atoms with Crippen LogP contribution in [0.4, 0.5) is 10.1 Å². The van der Waals surface area contributed by atoms with E-state index in [1.165, 1.54) is 19.2 Å². The van der Waals surface area contributed by atoms with Crippen LogP contribution < -0.4 is 15.4 Å². The number of halogens is 1. The Hall–Kier alpha value is -1.62. The number of hydrogen-bond donors (Lipinski definition) is 2. The number of piperidine rings is 1. The molecule has 2 rings (SSSR count). The normalized spacial score (nSPS) is 15.9. The van der Waals surface area contributed by atoms with Crippen LogP contribution in [-0.4, -0.2) is 26.1 Å². The summed E-state index contributed by atoms with van der Waals surface area (Å²) in [4.78, 5) is 11.9. The van der Waals surface area contributed by atoms with Gasteiger partial charge >= 0.3 is 0 Å². The van der Waals surface area contributed by atoms with Gasteiger partial charge in [0.1, 0.15) is 0 Å². The van der Waals surface area contributed by atoms with Crippen molar-refractivity contribution in [2.45, 2.75) is 25.7 Å². The van der Waals surface area contributed by atoms with Crippen molar-refractivity contribution in [3.8, 4) is 5.75 Å². The number of anilines is 1. The van der Waals surface area contributed by atoms with Crippen molar-refractivity contribution >= 4 is 11.6 Å². The highest BCUT2D eigenvalue weighted by Crippen LogP contribution is 2.22. The first-order valence-electron chi connectivity index (χ1n) is 7.03. The number of benzene rings is 1. The van der Waals surface area contributed by atoms with Gasteiger partial charge in [-0.25, -0.2) is 4.39 Å². The predicted molar refractivity (Wildman–Crippen MR) is 76.4 cm³/mol. The smallest absolute Gasteiger partial charge is 0.224 e. The lowest BCUT2D eigenvalue weighted by molar-refractivity contribution is -0.116. The van der Waals surface area contributed by atoms with E-state index < -0.39 is 5.82 Å². The fraction of sp³-hybridized carbons (Fsp3) is 0.533. The molecule has 1 heterocycles. The maximum atomic E-state index is 13.3. The average molecular weight is 280 g/mol. The molecule has 20 heavy (non-hydrogen) atoms. The first-order valence-corrected chi connectivity index (χ1v) is 7.03. The number of carbonyl (C=O) groups is 1. The molecule has 1 amide bonds. The van der Waals surface area contributed by atoms with Crippen LogP contribution in [0.25, 0.3) is 0 Å². The third kappa shape index (κ3) is 4.20. The molecule has 1 fully saturated rings. The fourth-order valence-electron chi connectivity index (χ4n) is 2.47. The summed E-state index contributed by atoms with van der Waals surface area (Å²) in [6, 6.07) is 4.33. The van der Waals surface area contributed by atoms with Crippen LogP contribution in [0.15, 0.2) is 18.2 Å². The Morgan fingerprint density at radius 2 is 2.20 bits per heavy atom. The summed E-state index contributed by atoms with van der Waals surface area (Å²) in [7, 11) is 1.40. The second-order valence-electron chi connectivity index (χ2n) is 5.13. The molecule has 1 aromatic rings. The van der Waals surface area contributed by atoms with Crippen molar-refractivity contribution in [1.29, 1.82) is 0 Å². The Balaban J connectivity index is 1.81. The van der Waals surface area contributed by atoms with Crippen LogP contribution in [0.3, 0.4) is 0 Å². The molecule has 1 aliphatic heterocycles. The minimum atomic E-state index is -0.430. The second kappa shape index (κ2) is 7.24. The third-order valence-corrected chi connectivity index (χ3v) is 3.67. The molecule has 1 aromatic carbocycles. The SMILES string of the molecule is COc1cc(NC(=O)CCC2CCNCC2)ccc1F. The molecule has 0 radical (unpaired) electrons. The van der Waals surface area contributed by atoms with E-state index in [1.807, 2.05) is 0 Å². The molecular weight excluding hydrogens is 259 g/mol. The maximum absolute atomic E-state index is 13.3. The Kier molecular flexibility index (Phi) is 5.35. The van der Waals surface area contributed by atoms with E-state index in [1.54, 1.807) is 6.07 Å². The molecule has 0 saturated carbocycles. The zero-order valence-corrected chi connectivity index (χ0v) is 11.7. The molecule has 1 aliphatic rings. The molecule has 0 aromatic heterocycles. The number of hydrogen-bond acceptors (Lipinski definition) is 3. The summed E-state index contributed by atoms with van der Waals surface area (Å²) in [5, 5.41) is 6.09. The topological polar surface area (TPSA) is 50.4 Å². The van der Waals surface area contributed by atoms with Crippen LogP contribution in [-0.2, 0) is 4.79 Å². The molecule has 4 nitrogen and oxygen atoms in total. The van der Waals surface area contributed by atoms with Gasteiger partial charge in [0.2, 0.25) is 5.91 Å². The lowest BCUT2D eigenvalue weighted by Gasteiger charge is -2.22. The van der Waals surface area contributed by atoms with Gasteiger partial charge in [0.25, 0.3) is 0 Å². The lowest BCUT2D eigenvalue weighted by atomic mass is 9.93. The van der Waals surface area contributed by atoms with Crippen LogP contribution >= 0.6 is 0 Å². The quantitative estimate of drug-likeness (QED) is 0.871. The van der Waals surface area contributed by atoms with Gasteiger partial charge in [0.15, 0.2) is 11.6 Å². The Morgan fingerprint density at radius 1 is 1.45 bits per heavy atom. The number of methoxy groups -OCH3 is 1. The van der Waals surface area contributed by atoms with Gasteiger partial charge in [-0.3, -0.25) is 4.79 Å². The number of ether oxygens (including phenoxy) is 1. The first kappa shape index (κ1) is 14.8. The number of amides is 1. The predicted octanol–water partition coefficient (Wildman–Crippen LogP) is 2.55. The van der Waals surface area contributed by atoms with E-state index in [0.29, 0.717) is 18.0 Å². The molecule has 5 heteroatoms. The van der Waals surface area contributed by atoms with Gasteiger partial charge < -0.3 is 15.4 Å². The van der Waals surface area contributed by atoms with Crippen molar-refractivity contribution in [3.63, 3.8) is 0 Å². The van der Waals surface area contributed by atoms with Crippen molar-refractivity contribution < 1.29 is 13.9 Å². The molecule has 0 unspecified atom stereocenters. The first-order chi connectivity index (χ1) is 9.69. The molecule has 0 aliphatic carbocycles. The summed E-state index contributed by atoms with van der Waals surface area (Å²) in [6.07, 6.45) is 3.69. The number of rotatable bonds is 5. The number of nitrogens with one attached hydrogen (secondary N) is 2. The van der Waals surface area contributed by atoms with Crippen LogP contribution in [0.1, 0.15) is 25.7 Å². The lowest BCUT2D eigenvalue weighted by Crippen LogP contribution is -2.28. The summed E-state index contributed by atoms with van der Waals surface area (Å²) in [6.45, 7) is 2.09. The minimum Gasteiger partial charge on any atom is -0.494 e. The van der Waals surface area contributed by atoms with E-state index in [2.05, 4.69) is 10.6 Å². The van der Waals surface area contributed by atoms with Crippen molar-refractivity contribution in [1.82, 2.24) is 5.32 Å². The largest absolute Gasteiger partial charge is 0.494 e. The minimum absolute atomic E-state index is 0.0304. The molecular formula is C15H21FN2O2. The monoisotopic (exact) mass is 280 g/mol. The zero-order valence-electron chi connectivity index (χ0n) is 11.7. The Bertz CT molecular complexity index is 459. The third-order valence-electron chi connectivity index (χ3n) is 3.67. The Labute approximate surface area is 118 Å². The summed E-state index contributed by atoms with van der Waals surface area (Å²) < 4.78 is 18.1. The van der Waals surface area contributed by atoms with Crippen molar-refractivity contribution in [2.24, 2.45) is 5.92 Å². The molecule has 110 valence electrons. The van der Waals surface area contributed by atoms with Gasteiger partial charge in [-0.2, -0.15) is 0 Å². The fourth-order valence-corrected chi connectivity index (χ4v) is 2.47. The van der Waals surface area contributed by atoms with Crippen molar-refractivity contribution in [2.75, 3.05) is 25.5 Å². The zero-order chi connectivity index (χ0) is 14.4. The van der Waals surface area contributed by atoms with Gasteiger partial charge in [-0.1, -0.05) is 0 Å². The van der Waals surface area contributed by atoms with E-state index >= 15 is 0 Å². The highest BCUT2D eigenvalue weighted by molar-refractivity contribution is 5.90. The van der Waals surface area contributed by atoms with Crippen LogP contribution in [0, 0.1) is 11.7 Å². The van der Waals surface area contributed by atoms with Gasteiger partial charge in [0.05, 0.1) is 7.11 Å². The molecule has 0 spiro atoms. The van der Waals surface area contributed by atoms with E-state index in [0.717, 1.165) is 32.4 Å². The van der Waals surface area contributed by atoms with Gasteiger partial charge in [-0.05, 0) is 50.4 Å². The van der Waals surface area contributed by atoms with E-state index in [-0.39, 0.29) is 11.7 Å². The standard InChI is InChI=1S/C15H21FN2O2/c1-20-14-10-12(3-4-13(14)16)18-15(19)5-2-11-6-8-17-9-7-11/h3-4,10-11,17H,2,5-9H2,1H3,(H,18,19). The van der Waals surface area contributed by atoms with E-state index in [4.69, 9.17) is 4.74 Å². The van der Waals surface area contributed by atoms with Crippen LogP contribution in [0.5, 0.6) is 5.75 Å². The maximum Gasteiger partial charge on any atom is 0.224 e. The highest BCUT2D eigenvalue weighted by atomic mass is 19.1. The van der Waals surface area contributed by atoms with Crippen molar-refractivity contribution in [3.05, 3.63) is 24.0 Å².